The minimum atomic E-state index is -0.450. The maximum atomic E-state index is 12.3. The Morgan fingerprint density at radius 3 is 2.59 bits per heavy atom. The number of fused-ring (bicyclic) bond motifs is 1. The predicted octanol–water partition coefficient (Wildman–Crippen LogP) is 4.37. The number of amides is 1. The summed E-state index contributed by atoms with van der Waals surface area (Å²) in [4.78, 5) is 18.3. The molecule has 2 aliphatic rings. The van der Waals surface area contributed by atoms with E-state index in [0.717, 1.165) is 37.2 Å². The van der Waals surface area contributed by atoms with Crippen LogP contribution in [0.25, 0.3) is 11.5 Å². The molecule has 1 amide bonds. The molecule has 1 aromatic heterocycles. The molecule has 4 rings (SSSR count). The lowest BCUT2D eigenvalue weighted by molar-refractivity contribution is 0.0272. The van der Waals surface area contributed by atoms with Crippen LogP contribution in [-0.2, 0) is 4.74 Å². The molecule has 2 atom stereocenters. The molecule has 144 valence electrons. The number of carbonyl (C=O) groups excluding carboxylic acids is 1. The van der Waals surface area contributed by atoms with Crippen LogP contribution in [0.1, 0.15) is 33.6 Å². The maximum absolute atomic E-state index is 12.3. The van der Waals surface area contributed by atoms with Crippen molar-refractivity contribution in [1.29, 1.82) is 0 Å². The van der Waals surface area contributed by atoms with Crippen LogP contribution in [0, 0.1) is 11.8 Å². The van der Waals surface area contributed by atoms with E-state index in [1.165, 1.54) is 0 Å². The second-order valence-electron chi connectivity index (χ2n) is 8.48. The third kappa shape index (κ3) is 4.10. The standard InChI is InChI=1S/C21H26N2O4/c1-21(2,3)27-20(24)23-12-15-10-18(11-16(15)13-23)26-17-6-4-5-14(9-17)19-22-7-8-25-19/h4-9,15-16,18H,10-13H2,1-3H3. The van der Waals surface area contributed by atoms with Crippen molar-refractivity contribution < 1.29 is 18.7 Å². The molecule has 27 heavy (non-hydrogen) atoms. The summed E-state index contributed by atoms with van der Waals surface area (Å²) in [7, 11) is 0. The van der Waals surface area contributed by atoms with Crippen molar-refractivity contribution in [2.24, 2.45) is 11.8 Å². The quantitative estimate of drug-likeness (QED) is 0.803. The molecular weight excluding hydrogens is 344 g/mol. The highest BCUT2D eigenvalue weighted by Gasteiger charge is 2.44. The summed E-state index contributed by atoms with van der Waals surface area (Å²) in [5.74, 6) is 2.39. The van der Waals surface area contributed by atoms with Gasteiger partial charge in [-0.05, 0) is 63.6 Å². The van der Waals surface area contributed by atoms with Gasteiger partial charge in [-0.1, -0.05) is 6.07 Å². The fourth-order valence-corrected chi connectivity index (χ4v) is 4.08. The third-order valence-electron chi connectivity index (χ3n) is 5.18. The van der Waals surface area contributed by atoms with Gasteiger partial charge in [-0.15, -0.1) is 0 Å². The lowest BCUT2D eigenvalue weighted by atomic mass is 10.0. The van der Waals surface area contributed by atoms with Gasteiger partial charge in [0, 0.05) is 18.7 Å². The van der Waals surface area contributed by atoms with Gasteiger partial charge in [-0.3, -0.25) is 0 Å². The molecule has 2 fully saturated rings. The fourth-order valence-electron chi connectivity index (χ4n) is 4.08. The van der Waals surface area contributed by atoms with Gasteiger partial charge >= 0.3 is 6.09 Å². The zero-order valence-electron chi connectivity index (χ0n) is 16.1. The van der Waals surface area contributed by atoms with E-state index >= 15 is 0 Å². The van der Waals surface area contributed by atoms with Crippen LogP contribution in [0.3, 0.4) is 0 Å². The molecule has 2 heterocycles. The van der Waals surface area contributed by atoms with Crippen molar-refractivity contribution in [2.75, 3.05) is 13.1 Å². The smallest absolute Gasteiger partial charge is 0.410 e. The van der Waals surface area contributed by atoms with E-state index in [4.69, 9.17) is 13.9 Å². The number of benzene rings is 1. The second-order valence-corrected chi connectivity index (χ2v) is 8.48. The van der Waals surface area contributed by atoms with Crippen molar-refractivity contribution >= 4 is 6.09 Å². The number of hydrogen-bond donors (Lipinski definition) is 0. The summed E-state index contributed by atoms with van der Waals surface area (Å²) < 4.78 is 17.1. The molecule has 6 heteroatoms. The first-order valence-electron chi connectivity index (χ1n) is 9.52. The van der Waals surface area contributed by atoms with Crippen LogP contribution in [0.5, 0.6) is 5.75 Å². The number of nitrogens with zero attached hydrogens (tertiary/aromatic N) is 2. The molecule has 0 bridgehead atoms. The van der Waals surface area contributed by atoms with E-state index in [-0.39, 0.29) is 12.2 Å². The van der Waals surface area contributed by atoms with Gasteiger partial charge in [-0.2, -0.15) is 0 Å². The molecule has 0 N–H and O–H groups in total. The fraction of sp³-hybridized carbons (Fsp3) is 0.524. The highest BCUT2D eigenvalue weighted by atomic mass is 16.6. The predicted molar refractivity (Wildman–Crippen MR) is 100 cm³/mol. The Morgan fingerprint density at radius 1 is 1.22 bits per heavy atom. The molecule has 6 nitrogen and oxygen atoms in total. The van der Waals surface area contributed by atoms with E-state index in [2.05, 4.69) is 4.98 Å². The molecule has 1 aliphatic carbocycles. The summed E-state index contributed by atoms with van der Waals surface area (Å²) in [6, 6.07) is 7.84. The maximum Gasteiger partial charge on any atom is 0.410 e. The number of ether oxygens (including phenoxy) is 2. The minimum absolute atomic E-state index is 0.181. The first kappa shape index (κ1) is 17.9. The van der Waals surface area contributed by atoms with E-state index < -0.39 is 5.60 Å². The largest absolute Gasteiger partial charge is 0.490 e. The summed E-state index contributed by atoms with van der Waals surface area (Å²) >= 11 is 0. The Balaban J connectivity index is 1.33. The van der Waals surface area contributed by atoms with Crippen molar-refractivity contribution in [3.8, 4) is 17.2 Å². The average Bonchev–Trinajstić information content (AvgIpc) is 3.29. The Hall–Kier alpha value is -2.50. The van der Waals surface area contributed by atoms with Gasteiger partial charge in [0.1, 0.15) is 17.6 Å². The summed E-state index contributed by atoms with van der Waals surface area (Å²) in [5.41, 5.74) is 0.459. The van der Waals surface area contributed by atoms with E-state index in [1.54, 1.807) is 12.5 Å². The summed E-state index contributed by atoms with van der Waals surface area (Å²) in [5, 5.41) is 0. The number of aromatic nitrogens is 1. The van der Waals surface area contributed by atoms with Crippen LogP contribution < -0.4 is 4.74 Å². The van der Waals surface area contributed by atoms with Gasteiger partial charge in [0.2, 0.25) is 5.89 Å². The molecule has 1 saturated carbocycles. The Labute approximate surface area is 159 Å². The lowest BCUT2D eigenvalue weighted by Gasteiger charge is -2.25. The average molecular weight is 370 g/mol. The number of oxazole rings is 1. The number of rotatable bonds is 3. The Morgan fingerprint density at radius 2 is 1.96 bits per heavy atom. The van der Waals surface area contributed by atoms with E-state index in [1.807, 2.05) is 49.9 Å². The van der Waals surface area contributed by atoms with Crippen LogP contribution in [0.2, 0.25) is 0 Å². The Bertz CT molecular complexity index is 783. The Kier molecular flexibility index (Phi) is 4.58. The molecule has 1 aromatic carbocycles. The molecule has 1 aliphatic heterocycles. The summed E-state index contributed by atoms with van der Waals surface area (Å²) in [6.07, 6.45) is 5.11. The highest BCUT2D eigenvalue weighted by Crippen LogP contribution is 2.40. The molecule has 2 unspecified atom stereocenters. The van der Waals surface area contributed by atoms with Crippen LogP contribution in [-0.4, -0.2) is 40.8 Å². The van der Waals surface area contributed by atoms with E-state index in [9.17, 15) is 4.79 Å². The van der Waals surface area contributed by atoms with E-state index in [0.29, 0.717) is 17.7 Å². The zero-order valence-corrected chi connectivity index (χ0v) is 16.1. The molecule has 0 spiro atoms. The SMILES string of the molecule is CC(C)(C)OC(=O)N1CC2CC(Oc3cccc(-c4ncco4)c3)CC2C1. The first-order valence-corrected chi connectivity index (χ1v) is 9.52. The first-order chi connectivity index (χ1) is 12.9. The van der Waals surface area contributed by atoms with Gasteiger partial charge in [0.25, 0.3) is 0 Å². The lowest BCUT2D eigenvalue weighted by Crippen LogP contribution is -2.36. The third-order valence-corrected chi connectivity index (χ3v) is 5.18. The zero-order chi connectivity index (χ0) is 19.0. The van der Waals surface area contributed by atoms with Gasteiger partial charge in [-0.25, -0.2) is 9.78 Å². The van der Waals surface area contributed by atoms with Gasteiger partial charge in [0.05, 0.1) is 12.3 Å². The monoisotopic (exact) mass is 370 g/mol. The van der Waals surface area contributed by atoms with Gasteiger partial charge in [0.15, 0.2) is 0 Å². The van der Waals surface area contributed by atoms with Crippen LogP contribution in [0.15, 0.2) is 41.1 Å². The normalized spacial score (nSPS) is 24.7. The van der Waals surface area contributed by atoms with Crippen LogP contribution >= 0.6 is 0 Å². The molecule has 2 aromatic rings. The van der Waals surface area contributed by atoms with Crippen molar-refractivity contribution in [2.45, 2.75) is 45.3 Å². The molecular formula is C21H26N2O4. The van der Waals surface area contributed by atoms with Crippen LogP contribution in [0.4, 0.5) is 4.79 Å². The van der Waals surface area contributed by atoms with Gasteiger partial charge < -0.3 is 18.8 Å². The van der Waals surface area contributed by atoms with Crippen molar-refractivity contribution in [3.63, 3.8) is 0 Å². The van der Waals surface area contributed by atoms with Crippen molar-refractivity contribution in [1.82, 2.24) is 9.88 Å². The number of hydrogen-bond acceptors (Lipinski definition) is 5. The molecule has 1 saturated heterocycles. The summed E-state index contributed by atoms with van der Waals surface area (Å²) in [6.45, 7) is 7.22. The topological polar surface area (TPSA) is 64.8 Å². The highest BCUT2D eigenvalue weighted by molar-refractivity contribution is 5.68. The molecule has 0 radical (unpaired) electrons. The number of likely N-dealkylation sites (tertiary alicyclic amines) is 1. The second kappa shape index (κ2) is 6.91. The van der Waals surface area contributed by atoms with Crippen molar-refractivity contribution in [3.05, 3.63) is 36.7 Å². The number of carbonyl (C=O) groups is 1. The minimum Gasteiger partial charge on any atom is -0.490 e.